The van der Waals surface area contributed by atoms with E-state index in [0.717, 1.165) is 25.7 Å². The quantitative estimate of drug-likeness (QED) is 0.847. The summed E-state index contributed by atoms with van der Waals surface area (Å²) in [7, 11) is 3.95. The second-order valence-electron chi connectivity index (χ2n) is 5.98. The highest BCUT2D eigenvalue weighted by Gasteiger charge is 2.41. The van der Waals surface area contributed by atoms with Crippen molar-refractivity contribution in [3.63, 3.8) is 0 Å². The van der Waals surface area contributed by atoms with E-state index in [9.17, 15) is 9.50 Å². The van der Waals surface area contributed by atoms with Crippen molar-refractivity contribution in [2.75, 3.05) is 14.1 Å². The molecule has 0 amide bonds. The van der Waals surface area contributed by atoms with Crippen LogP contribution in [0.5, 0.6) is 0 Å². The molecule has 0 spiro atoms. The first-order chi connectivity index (χ1) is 9.47. The van der Waals surface area contributed by atoms with Crippen LogP contribution in [0.3, 0.4) is 0 Å². The van der Waals surface area contributed by atoms with Crippen LogP contribution in [0.15, 0.2) is 18.2 Å². The minimum Gasteiger partial charge on any atom is -0.386 e. The predicted molar refractivity (Wildman–Crippen MR) is 80.5 cm³/mol. The third kappa shape index (κ3) is 3.00. The van der Waals surface area contributed by atoms with E-state index in [2.05, 4.69) is 4.90 Å². The van der Waals surface area contributed by atoms with Gasteiger partial charge in [0.1, 0.15) is 11.9 Å². The molecule has 0 aliphatic heterocycles. The average molecular weight is 300 g/mol. The number of aliphatic hydroxyl groups is 1. The lowest BCUT2D eigenvalue weighted by molar-refractivity contribution is -0.0216. The fourth-order valence-electron chi connectivity index (χ4n) is 3.32. The Balaban J connectivity index is 2.37. The van der Waals surface area contributed by atoms with Crippen LogP contribution in [0.4, 0.5) is 4.39 Å². The Labute approximate surface area is 125 Å². The van der Waals surface area contributed by atoms with Crippen molar-refractivity contribution < 1.29 is 9.50 Å². The summed E-state index contributed by atoms with van der Waals surface area (Å²) < 4.78 is 14.1. The lowest BCUT2D eigenvalue weighted by Gasteiger charge is -2.43. The van der Waals surface area contributed by atoms with Gasteiger partial charge in [-0.15, -0.1) is 0 Å². The number of rotatable bonds is 3. The molecule has 0 heterocycles. The maximum absolute atomic E-state index is 14.1. The number of hydrogen-bond donors (Lipinski definition) is 1. The van der Waals surface area contributed by atoms with Crippen molar-refractivity contribution in [1.82, 2.24) is 4.90 Å². The third-order valence-electron chi connectivity index (χ3n) is 4.63. The molecular weight excluding hydrogens is 277 g/mol. The molecule has 0 bridgehead atoms. The second-order valence-corrected chi connectivity index (χ2v) is 6.42. The van der Waals surface area contributed by atoms with Gasteiger partial charge in [-0.05, 0) is 39.1 Å². The Morgan fingerprint density at radius 2 is 1.80 bits per heavy atom. The summed E-state index contributed by atoms with van der Waals surface area (Å²) >= 11 is 5.80. The monoisotopic (exact) mass is 299 g/mol. The van der Waals surface area contributed by atoms with Gasteiger partial charge < -0.3 is 10.0 Å². The average Bonchev–Trinajstić information content (AvgIpc) is 2.64. The predicted octanol–water partition coefficient (Wildman–Crippen LogP) is 4.17. The van der Waals surface area contributed by atoms with Crippen molar-refractivity contribution in [3.05, 3.63) is 34.6 Å². The van der Waals surface area contributed by atoms with Crippen LogP contribution in [-0.4, -0.2) is 29.6 Å². The van der Waals surface area contributed by atoms with Crippen LogP contribution in [0.25, 0.3) is 0 Å². The summed E-state index contributed by atoms with van der Waals surface area (Å²) in [5, 5.41) is 11.2. The number of aliphatic hydroxyl groups excluding tert-OH is 1. The number of hydrogen-bond acceptors (Lipinski definition) is 2. The van der Waals surface area contributed by atoms with Crippen molar-refractivity contribution in [2.24, 2.45) is 0 Å². The molecule has 1 aliphatic carbocycles. The molecule has 1 fully saturated rings. The molecular formula is C16H23ClFNO. The zero-order chi connectivity index (χ0) is 14.8. The van der Waals surface area contributed by atoms with E-state index in [1.807, 2.05) is 14.1 Å². The van der Waals surface area contributed by atoms with E-state index in [0.29, 0.717) is 10.6 Å². The molecule has 112 valence electrons. The summed E-state index contributed by atoms with van der Waals surface area (Å²) in [5.41, 5.74) is -0.0319. The maximum Gasteiger partial charge on any atom is 0.130 e. The zero-order valence-electron chi connectivity index (χ0n) is 12.2. The highest BCUT2D eigenvalue weighted by molar-refractivity contribution is 6.30. The van der Waals surface area contributed by atoms with Gasteiger partial charge in [-0.25, -0.2) is 4.39 Å². The molecule has 2 nitrogen and oxygen atoms in total. The van der Waals surface area contributed by atoms with Gasteiger partial charge in [0.25, 0.3) is 0 Å². The minimum atomic E-state index is -0.826. The highest BCUT2D eigenvalue weighted by Crippen LogP contribution is 2.41. The first-order valence-electron chi connectivity index (χ1n) is 7.28. The summed E-state index contributed by atoms with van der Waals surface area (Å²) in [6, 6.07) is 4.53. The van der Waals surface area contributed by atoms with E-state index < -0.39 is 11.9 Å². The Bertz CT molecular complexity index is 456. The molecule has 1 N–H and O–H groups in total. The molecule has 1 aromatic rings. The Morgan fingerprint density at radius 1 is 1.20 bits per heavy atom. The topological polar surface area (TPSA) is 23.5 Å². The number of nitrogens with zero attached hydrogens (tertiary/aromatic N) is 1. The van der Waals surface area contributed by atoms with Crippen LogP contribution >= 0.6 is 11.6 Å². The summed E-state index contributed by atoms with van der Waals surface area (Å²) in [6.45, 7) is 0. The molecule has 2 rings (SSSR count). The van der Waals surface area contributed by atoms with Crippen molar-refractivity contribution in [3.8, 4) is 0 Å². The molecule has 1 saturated carbocycles. The molecule has 0 aromatic heterocycles. The number of likely N-dealkylation sites (N-methyl/N-ethyl adjacent to an activating group) is 1. The van der Waals surface area contributed by atoms with E-state index in [4.69, 9.17) is 11.6 Å². The second kappa shape index (κ2) is 6.42. The Kier molecular flexibility index (Phi) is 5.05. The third-order valence-corrected chi connectivity index (χ3v) is 4.86. The molecule has 1 unspecified atom stereocenters. The van der Waals surface area contributed by atoms with Crippen LogP contribution in [0.2, 0.25) is 5.02 Å². The van der Waals surface area contributed by atoms with Crippen LogP contribution in [0.1, 0.15) is 50.2 Å². The lowest BCUT2D eigenvalue weighted by atomic mass is 9.80. The van der Waals surface area contributed by atoms with Crippen LogP contribution in [-0.2, 0) is 0 Å². The molecule has 20 heavy (non-hydrogen) atoms. The van der Waals surface area contributed by atoms with Gasteiger partial charge in [0.15, 0.2) is 0 Å². The standard InChI is InChI=1S/C16H23ClFNO/c1-19(2)16(9-5-3-4-6-10-16)15(20)13-8-7-12(17)11-14(13)18/h7-8,11,15,20H,3-6,9-10H2,1-2H3. The maximum atomic E-state index is 14.1. The lowest BCUT2D eigenvalue weighted by Crippen LogP contribution is -2.49. The van der Waals surface area contributed by atoms with E-state index in [1.54, 1.807) is 12.1 Å². The fourth-order valence-corrected chi connectivity index (χ4v) is 3.48. The highest BCUT2D eigenvalue weighted by atomic mass is 35.5. The van der Waals surface area contributed by atoms with Gasteiger partial charge >= 0.3 is 0 Å². The minimum absolute atomic E-state index is 0.352. The smallest absolute Gasteiger partial charge is 0.130 e. The summed E-state index contributed by atoms with van der Waals surface area (Å²) in [5.74, 6) is -0.421. The van der Waals surface area contributed by atoms with Gasteiger partial charge in [-0.1, -0.05) is 43.4 Å². The Morgan fingerprint density at radius 3 is 2.30 bits per heavy atom. The van der Waals surface area contributed by atoms with Gasteiger partial charge in [0.05, 0.1) is 5.54 Å². The van der Waals surface area contributed by atoms with Crippen molar-refractivity contribution >= 4 is 11.6 Å². The molecule has 1 atom stereocenters. The normalized spacial score (nSPS) is 20.7. The molecule has 1 aromatic carbocycles. The summed E-state index contributed by atoms with van der Waals surface area (Å²) in [4.78, 5) is 2.07. The molecule has 0 radical (unpaired) electrons. The van der Waals surface area contributed by atoms with E-state index in [1.165, 1.54) is 18.9 Å². The largest absolute Gasteiger partial charge is 0.386 e. The van der Waals surface area contributed by atoms with Gasteiger partial charge in [-0.2, -0.15) is 0 Å². The summed E-state index contributed by atoms with van der Waals surface area (Å²) in [6.07, 6.45) is 5.48. The molecule has 0 saturated heterocycles. The number of benzene rings is 1. The first kappa shape index (κ1) is 15.7. The van der Waals surface area contributed by atoms with Gasteiger partial charge in [0, 0.05) is 10.6 Å². The van der Waals surface area contributed by atoms with Gasteiger partial charge in [-0.3, -0.25) is 0 Å². The molecule has 1 aliphatic rings. The zero-order valence-corrected chi connectivity index (χ0v) is 13.0. The van der Waals surface area contributed by atoms with Crippen LogP contribution < -0.4 is 0 Å². The molecule has 4 heteroatoms. The SMILES string of the molecule is CN(C)C1(C(O)c2ccc(Cl)cc2F)CCCCCC1. The number of halogens is 2. The van der Waals surface area contributed by atoms with Gasteiger partial charge in [0.2, 0.25) is 0 Å². The fraction of sp³-hybridized carbons (Fsp3) is 0.625. The van der Waals surface area contributed by atoms with Crippen molar-refractivity contribution in [1.29, 1.82) is 0 Å². The first-order valence-corrected chi connectivity index (χ1v) is 7.65. The van der Waals surface area contributed by atoms with Crippen molar-refractivity contribution in [2.45, 2.75) is 50.2 Å². The van der Waals surface area contributed by atoms with E-state index >= 15 is 0 Å². The van der Waals surface area contributed by atoms with Crippen LogP contribution in [0, 0.1) is 5.82 Å². The van der Waals surface area contributed by atoms with E-state index in [-0.39, 0.29) is 5.54 Å². The Hall–Kier alpha value is -0.640.